The summed E-state index contributed by atoms with van der Waals surface area (Å²) in [4.78, 5) is 12.0. The van der Waals surface area contributed by atoms with Crippen molar-refractivity contribution in [1.82, 2.24) is 5.32 Å². The van der Waals surface area contributed by atoms with Gasteiger partial charge in [0, 0.05) is 11.2 Å². The number of hydrogen-bond acceptors (Lipinski definition) is 3. The molecule has 0 aliphatic heterocycles. The van der Waals surface area contributed by atoms with Crippen molar-refractivity contribution in [2.75, 3.05) is 18.5 Å². The normalized spacial score (nSPS) is 17.1. The van der Waals surface area contributed by atoms with Crippen molar-refractivity contribution in [2.45, 2.75) is 44.6 Å². The van der Waals surface area contributed by atoms with Crippen LogP contribution in [-0.2, 0) is 11.2 Å². The molecule has 1 aliphatic carbocycles. The lowest BCUT2D eigenvalue weighted by molar-refractivity contribution is -0.115. The largest absolute Gasteiger partial charge is 0.394 e. The third kappa shape index (κ3) is 3.58. The molecule has 20 heavy (non-hydrogen) atoms. The smallest absolute Gasteiger partial charge is 0.238 e. The Hall–Kier alpha value is -1.39. The fourth-order valence-corrected chi connectivity index (χ4v) is 2.86. The molecule has 0 saturated heterocycles. The van der Waals surface area contributed by atoms with Gasteiger partial charge < -0.3 is 15.7 Å². The lowest BCUT2D eigenvalue weighted by atomic mass is 9.99. The van der Waals surface area contributed by atoms with Crippen molar-refractivity contribution < 1.29 is 9.90 Å². The summed E-state index contributed by atoms with van der Waals surface area (Å²) in [6, 6.07) is 7.85. The molecule has 0 spiro atoms. The van der Waals surface area contributed by atoms with Crippen LogP contribution in [0, 0.1) is 0 Å². The molecule has 0 atom stereocenters. The van der Waals surface area contributed by atoms with Crippen molar-refractivity contribution in [3.8, 4) is 0 Å². The van der Waals surface area contributed by atoms with E-state index in [0.29, 0.717) is 0 Å². The Labute approximate surface area is 120 Å². The SMILES string of the molecule is CCc1ccccc1NC(=O)CNC1(CO)CCCC1. The summed E-state index contributed by atoms with van der Waals surface area (Å²) < 4.78 is 0. The molecular weight excluding hydrogens is 252 g/mol. The number of anilines is 1. The minimum atomic E-state index is -0.248. The predicted molar refractivity (Wildman–Crippen MR) is 80.7 cm³/mol. The van der Waals surface area contributed by atoms with E-state index in [4.69, 9.17) is 0 Å². The fraction of sp³-hybridized carbons (Fsp3) is 0.562. The number of nitrogens with one attached hydrogen (secondary N) is 2. The van der Waals surface area contributed by atoms with Crippen molar-refractivity contribution in [3.05, 3.63) is 29.8 Å². The first kappa shape index (κ1) is 15.0. The van der Waals surface area contributed by atoms with Crippen LogP contribution in [0.1, 0.15) is 38.2 Å². The van der Waals surface area contributed by atoms with E-state index in [1.165, 1.54) is 0 Å². The molecule has 1 aliphatic rings. The second kappa shape index (κ2) is 6.86. The van der Waals surface area contributed by atoms with Crippen molar-refractivity contribution in [3.63, 3.8) is 0 Å². The summed E-state index contributed by atoms with van der Waals surface area (Å²) in [5.41, 5.74) is 1.77. The van der Waals surface area contributed by atoms with Gasteiger partial charge in [0.2, 0.25) is 5.91 Å². The molecule has 1 aromatic carbocycles. The van der Waals surface area contributed by atoms with Gasteiger partial charge in [-0.1, -0.05) is 38.0 Å². The minimum absolute atomic E-state index is 0.0503. The zero-order valence-electron chi connectivity index (χ0n) is 12.1. The molecule has 3 N–H and O–H groups in total. The van der Waals surface area contributed by atoms with Crippen LogP contribution in [0.3, 0.4) is 0 Å². The summed E-state index contributed by atoms with van der Waals surface area (Å²) in [6.45, 7) is 2.42. The first-order valence-corrected chi connectivity index (χ1v) is 7.43. The Bertz CT molecular complexity index is 454. The minimum Gasteiger partial charge on any atom is -0.394 e. The van der Waals surface area contributed by atoms with Crippen LogP contribution in [0.4, 0.5) is 5.69 Å². The molecule has 4 heteroatoms. The van der Waals surface area contributed by atoms with Gasteiger partial charge in [0.15, 0.2) is 0 Å². The first-order valence-electron chi connectivity index (χ1n) is 7.43. The van der Waals surface area contributed by atoms with E-state index < -0.39 is 0 Å². The topological polar surface area (TPSA) is 61.4 Å². The van der Waals surface area contributed by atoms with Gasteiger partial charge in [-0.15, -0.1) is 0 Å². The maximum Gasteiger partial charge on any atom is 0.238 e. The zero-order chi connectivity index (χ0) is 14.4. The number of aliphatic hydroxyl groups excluding tert-OH is 1. The average molecular weight is 276 g/mol. The van der Waals surface area contributed by atoms with Crippen LogP contribution in [0.5, 0.6) is 0 Å². The molecular formula is C16H24N2O2. The molecule has 4 nitrogen and oxygen atoms in total. The van der Waals surface area contributed by atoms with Gasteiger partial charge in [-0.25, -0.2) is 0 Å². The van der Waals surface area contributed by atoms with Gasteiger partial charge >= 0.3 is 0 Å². The highest BCUT2D eigenvalue weighted by molar-refractivity contribution is 5.93. The Morgan fingerprint density at radius 2 is 2.00 bits per heavy atom. The van der Waals surface area contributed by atoms with Crippen molar-refractivity contribution >= 4 is 11.6 Å². The predicted octanol–water partition coefficient (Wildman–Crippen LogP) is 2.08. The maximum atomic E-state index is 12.0. The number of carbonyl (C=O) groups excluding carboxylic acids is 1. The Morgan fingerprint density at radius 1 is 1.30 bits per heavy atom. The van der Waals surface area contributed by atoms with Gasteiger partial charge in [0.1, 0.15) is 0 Å². The second-order valence-electron chi connectivity index (χ2n) is 5.56. The van der Waals surface area contributed by atoms with Gasteiger partial charge in [0.25, 0.3) is 0 Å². The molecule has 0 bridgehead atoms. The van der Waals surface area contributed by atoms with E-state index >= 15 is 0 Å². The molecule has 0 radical (unpaired) electrons. The van der Waals surface area contributed by atoms with Crippen LogP contribution in [-0.4, -0.2) is 29.7 Å². The molecule has 1 saturated carbocycles. The van der Waals surface area contributed by atoms with Crippen molar-refractivity contribution in [1.29, 1.82) is 0 Å². The quantitative estimate of drug-likeness (QED) is 0.745. The number of hydrogen-bond donors (Lipinski definition) is 3. The van der Waals surface area contributed by atoms with Crippen LogP contribution < -0.4 is 10.6 Å². The summed E-state index contributed by atoms with van der Waals surface area (Å²) in [7, 11) is 0. The maximum absolute atomic E-state index is 12.0. The van der Waals surface area contributed by atoms with Crippen LogP contribution in [0.25, 0.3) is 0 Å². The van der Waals surface area contributed by atoms with Gasteiger partial charge in [-0.3, -0.25) is 4.79 Å². The number of benzene rings is 1. The number of rotatable bonds is 6. The van der Waals surface area contributed by atoms with Crippen LogP contribution >= 0.6 is 0 Å². The summed E-state index contributed by atoms with van der Waals surface area (Å²) in [5.74, 6) is -0.0503. The number of amides is 1. The molecule has 0 heterocycles. The van der Waals surface area contributed by atoms with E-state index in [-0.39, 0.29) is 24.6 Å². The molecule has 1 aromatic rings. The van der Waals surface area contributed by atoms with E-state index in [1.54, 1.807) is 0 Å². The molecule has 2 rings (SSSR count). The van der Waals surface area contributed by atoms with E-state index in [0.717, 1.165) is 43.4 Å². The summed E-state index contributed by atoms with van der Waals surface area (Å²) in [5, 5.41) is 15.7. The molecule has 1 fully saturated rings. The van der Waals surface area contributed by atoms with E-state index in [1.807, 2.05) is 24.3 Å². The number of aliphatic hydroxyl groups is 1. The van der Waals surface area contributed by atoms with Gasteiger partial charge in [-0.2, -0.15) is 0 Å². The van der Waals surface area contributed by atoms with Gasteiger partial charge in [0.05, 0.1) is 13.2 Å². The molecule has 0 unspecified atom stereocenters. The lowest BCUT2D eigenvalue weighted by Gasteiger charge is -2.27. The molecule has 0 aromatic heterocycles. The highest BCUT2D eigenvalue weighted by Gasteiger charge is 2.32. The number of aryl methyl sites for hydroxylation is 1. The summed E-state index contributed by atoms with van der Waals surface area (Å²) >= 11 is 0. The standard InChI is InChI=1S/C16H24N2O2/c1-2-13-7-3-4-8-14(13)18-15(20)11-17-16(12-19)9-5-6-10-16/h3-4,7-8,17,19H,2,5-6,9-12H2,1H3,(H,18,20). The Kier molecular flexibility index (Phi) is 5.15. The average Bonchev–Trinajstić information content (AvgIpc) is 2.95. The zero-order valence-corrected chi connectivity index (χ0v) is 12.1. The highest BCUT2D eigenvalue weighted by Crippen LogP contribution is 2.28. The fourth-order valence-electron chi connectivity index (χ4n) is 2.86. The van der Waals surface area contributed by atoms with Crippen LogP contribution in [0.2, 0.25) is 0 Å². The number of carbonyl (C=O) groups is 1. The van der Waals surface area contributed by atoms with E-state index in [2.05, 4.69) is 17.6 Å². The third-order valence-electron chi connectivity index (χ3n) is 4.16. The lowest BCUT2D eigenvalue weighted by Crippen LogP contribution is -2.49. The van der Waals surface area contributed by atoms with Crippen LogP contribution in [0.15, 0.2) is 24.3 Å². The number of para-hydroxylation sites is 1. The summed E-state index contributed by atoms with van der Waals surface area (Å²) in [6.07, 6.45) is 5.02. The molecule has 1 amide bonds. The highest BCUT2D eigenvalue weighted by atomic mass is 16.3. The van der Waals surface area contributed by atoms with Crippen molar-refractivity contribution in [2.24, 2.45) is 0 Å². The Balaban J connectivity index is 1.89. The molecule has 110 valence electrons. The van der Waals surface area contributed by atoms with E-state index in [9.17, 15) is 9.90 Å². The van der Waals surface area contributed by atoms with Gasteiger partial charge in [-0.05, 0) is 30.9 Å². The first-order chi connectivity index (χ1) is 9.69. The second-order valence-corrected chi connectivity index (χ2v) is 5.56. The Morgan fingerprint density at radius 3 is 2.65 bits per heavy atom. The monoisotopic (exact) mass is 276 g/mol. The third-order valence-corrected chi connectivity index (χ3v) is 4.16.